The molecule has 3 rings (SSSR count). The maximum absolute atomic E-state index is 14.4. The summed E-state index contributed by atoms with van der Waals surface area (Å²) >= 11 is 0. The number of fused-ring (bicyclic) bond motifs is 1. The number of aryl methyl sites for hydroxylation is 1. The van der Waals surface area contributed by atoms with E-state index in [0.29, 0.717) is 31.6 Å². The van der Waals surface area contributed by atoms with Gasteiger partial charge in [0.25, 0.3) is 0 Å². The van der Waals surface area contributed by atoms with Gasteiger partial charge in [-0.25, -0.2) is 9.18 Å². The number of aromatic nitrogens is 1. The predicted molar refractivity (Wildman–Crippen MR) is 91.0 cm³/mol. The van der Waals surface area contributed by atoms with Crippen LogP contribution in [0.1, 0.15) is 30.3 Å². The summed E-state index contributed by atoms with van der Waals surface area (Å²) in [6, 6.07) is 4.57. The molecule has 1 saturated heterocycles. The topological polar surface area (TPSA) is 69.6 Å². The van der Waals surface area contributed by atoms with Crippen molar-refractivity contribution in [3.05, 3.63) is 29.7 Å². The number of rotatable bonds is 4. The van der Waals surface area contributed by atoms with E-state index in [1.54, 1.807) is 30.7 Å². The van der Waals surface area contributed by atoms with Crippen molar-refractivity contribution < 1.29 is 23.5 Å². The van der Waals surface area contributed by atoms with Crippen LogP contribution in [-0.4, -0.2) is 36.3 Å². The van der Waals surface area contributed by atoms with Gasteiger partial charge in [0.2, 0.25) is 5.91 Å². The molecule has 0 atom stereocenters. The van der Waals surface area contributed by atoms with Crippen LogP contribution < -0.4 is 5.32 Å². The van der Waals surface area contributed by atoms with Gasteiger partial charge in [-0.15, -0.1) is 0 Å². The summed E-state index contributed by atoms with van der Waals surface area (Å²) in [6.07, 6.45) is 1.21. The summed E-state index contributed by atoms with van der Waals surface area (Å²) in [5.74, 6) is -1.54. The first-order chi connectivity index (χ1) is 12.0. The normalized spacial score (nSPS) is 15.3. The molecule has 7 heteroatoms. The van der Waals surface area contributed by atoms with Gasteiger partial charge in [0.1, 0.15) is 5.82 Å². The molecule has 0 spiro atoms. The van der Waals surface area contributed by atoms with Crippen LogP contribution in [0, 0.1) is 11.7 Å². The Labute approximate surface area is 144 Å². The Balaban J connectivity index is 2.06. The fourth-order valence-electron chi connectivity index (χ4n) is 3.19. The molecule has 0 unspecified atom stereocenters. The summed E-state index contributed by atoms with van der Waals surface area (Å²) < 4.78 is 26.4. The van der Waals surface area contributed by atoms with Gasteiger partial charge in [-0.1, -0.05) is 6.07 Å². The minimum Gasteiger partial charge on any atom is -0.461 e. The Bertz CT molecular complexity index is 809. The first-order valence-corrected chi connectivity index (χ1v) is 8.37. The summed E-state index contributed by atoms with van der Waals surface area (Å²) in [5, 5.41) is 2.98. The van der Waals surface area contributed by atoms with E-state index in [9.17, 15) is 14.0 Å². The number of carbonyl (C=O) groups excluding carboxylic acids is 2. The third kappa shape index (κ3) is 3.24. The number of nitrogens with one attached hydrogen (secondary N) is 1. The van der Waals surface area contributed by atoms with Crippen molar-refractivity contribution in [1.82, 2.24) is 4.57 Å². The molecule has 1 aromatic carbocycles. The number of ether oxygens (including phenoxy) is 2. The maximum atomic E-state index is 14.4. The molecular formula is C18H21FN2O4. The van der Waals surface area contributed by atoms with Crippen LogP contribution in [0.2, 0.25) is 0 Å². The van der Waals surface area contributed by atoms with Gasteiger partial charge in [-0.05, 0) is 31.9 Å². The second-order valence-corrected chi connectivity index (χ2v) is 6.01. The van der Waals surface area contributed by atoms with Gasteiger partial charge in [0.05, 0.1) is 23.2 Å². The second kappa shape index (κ2) is 7.23. The zero-order valence-electron chi connectivity index (χ0n) is 14.3. The molecule has 25 heavy (non-hydrogen) atoms. The molecule has 2 heterocycles. The molecule has 0 saturated carbocycles. The molecule has 6 nitrogen and oxygen atoms in total. The van der Waals surface area contributed by atoms with Gasteiger partial charge < -0.3 is 19.4 Å². The minimum absolute atomic E-state index is 0.141. The molecule has 134 valence electrons. The summed E-state index contributed by atoms with van der Waals surface area (Å²) in [6.45, 7) is 2.93. The smallest absolute Gasteiger partial charge is 0.357 e. The number of hydrogen-bond acceptors (Lipinski definition) is 4. The first-order valence-electron chi connectivity index (χ1n) is 8.37. The lowest BCUT2D eigenvalue weighted by atomic mass is 9.99. The molecule has 1 aromatic heterocycles. The summed E-state index contributed by atoms with van der Waals surface area (Å²) in [7, 11) is 1.65. The van der Waals surface area contributed by atoms with Gasteiger partial charge in [0, 0.05) is 26.2 Å². The van der Waals surface area contributed by atoms with Crippen LogP contribution in [0.15, 0.2) is 18.2 Å². The van der Waals surface area contributed by atoms with E-state index in [1.165, 1.54) is 6.07 Å². The molecule has 1 fully saturated rings. The van der Waals surface area contributed by atoms with Crippen LogP contribution in [0.25, 0.3) is 10.9 Å². The number of anilines is 1. The molecular weight excluding hydrogens is 327 g/mol. The van der Waals surface area contributed by atoms with Crippen LogP contribution in [-0.2, 0) is 21.3 Å². The van der Waals surface area contributed by atoms with E-state index in [-0.39, 0.29) is 35.2 Å². The van der Waals surface area contributed by atoms with Crippen LogP contribution in [0.4, 0.5) is 10.1 Å². The lowest BCUT2D eigenvalue weighted by molar-refractivity contribution is -0.122. The largest absolute Gasteiger partial charge is 0.461 e. The van der Waals surface area contributed by atoms with Gasteiger partial charge in [0.15, 0.2) is 5.69 Å². The average Bonchev–Trinajstić information content (AvgIpc) is 2.89. The highest BCUT2D eigenvalue weighted by Crippen LogP contribution is 2.34. The highest BCUT2D eigenvalue weighted by molar-refractivity contribution is 6.12. The van der Waals surface area contributed by atoms with Gasteiger partial charge >= 0.3 is 5.97 Å². The molecule has 0 radical (unpaired) electrons. The molecule has 2 aromatic rings. The van der Waals surface area contributed by atoms with E-state index in [4.69, 9.17) is 9.47 Å². The van der Waals surface area contributed by atoms with E-state index >= 15 is 0 Å². The van der Waals surface area contributed by atoms with Crippen molar-refractivity contribution in [2.45, 2.75) is 19.8 Å². The molecule has 0 aliphatic carbocycles. The Morgan fingerprint density at radius 3 is 2.76 bits per heavy atom. The zero-order chi connectivity index (χ0) is 18.0. The highest BCUT2D eigenvalue weighted by atomic mass is 19.1. The number of amides is 1. The third-order valence-corrected chi connectivity index (χ3v) is 4.48. The number of esters is 1. The Morgan fingerprint density at radius 2 is 2.08 bits per heavy atom. The Morgan fingerprint density at radius 1 is 1.36 bits per heavy atom. The van der Waals surface area contributed by atoms with Gasteiger partial charge in [-0.2, -0.15) is 0 Å². The lowest BCUT2D eigenvalue weighted by Gasteiger charge is -2.21. The van der Waals surface area contributed by atoms with Crippen molar-refractivity contribution >= 4 is 28.5 Å². The summed E-state index contributed by atoms with van der Waals surface area (Å²) in [5.41, 5.74) is 0.832. The molecule has 1 N–H and O–H groups in total. The summed E-state index contributed by atoms with van der Waals surface area (Å²) in [4.78, 5) is 25.0. The van der Waals surface area contributed by atoms with E-state index in [0.717, 1.165) is 0 Å². The Hall–Kier alpha value is -2.41. The third-order valence-electron chi connectivity index (χ3n) is 4.48. The van der Waals surface area contributed by atoms with Gasteiger partial charge in [-0.3, -0.25) is 4.79 Å². The van der Waals surface area contributed by atoms with Crippen molar-refractivity contribution in [3.8, 4) is 0 Å². The van der Waals surface area contributed by atoms with Crippen molar-refractivity contribution in [1.29, 1.82) is 0 Å². The molecule has 1 amide bonds. The molecule has 1 aliphatic rings. The molecule has 1 aliphatic heterocycles. The SMILES string of the molecule is CCOC(=O)c1c(NC(=O)C2CCOCC2)c2c(F)cccc2n1C. The Kier molecular flexibility index (Phi) is 5.03. The average molecular weight is 348 g/mol. The molecule has 0 bridgehead atoms. The fourth-order valence-corrected chi connectivity index (χ4v) is 3.19. The standard InChI is InChI=1S/C18H21FN2O4/c1-3-25-18(23)16-15(20-17(22)11-7-9-24-10-8-11)14-12(19)5-4-6-13(14)21(16)2/h4-6,11H,3,7-10H2,1-2H3,(H,20,22). The highest BCUT2D eigenvalue weighted by Gasteiger charge is 2.28. The van der Waals surface area contributed by atoms with Crippen molar-refractivity contribution in [3.63, 3.8) is 0 Å². The maximum Gasteiger partial charge on any atom is 0.357 e. The number of hydrogen-bond donors (Lipinski definition) is 1. The quantitative estimate of drug-likeness (QED) is 0.863. The van der Waals surface area contributed by atoms with Crippen molar-refractivity contribution in [2.75, 3.05) is 25.1 Å². The number of carbonyl (C=O) groups is 2. The van der Waals surface area contributed by atoms with E-state index in [1.807, 2.05) is 0 Å². The van der Waals surface area contributed by atoms with Crippen LogP contribution >= 0.6 is 0 Å². The van der Waals surface area contributed by atoms with E-state index in [2.05, 4.69) is 5.32 Å². The number of benzene rings is 1. The fraction of sp³-hybridized carbons (Fsp3) is 0.444. The number of halogens is 1. The van der Waals surface area contributed by atoms with Crippen LogP contribution in [0.5, 0.6) is 0 Å². The van der Waals surface area contributed by atoms with E-state index < -0.39 is 11.8 Å². The zero-order valence-corrected chi connectivity index (χ0v) is 14.3. The minimum atomic E-state index is -0.595. The predicted octanol–water partition coefficient (Wildman–Crippen LogP) is 2.86. The van der Waals surface area contributed by atoms with Crippen LogP contribution in [0.3, 0.4) is 0 Å². The number of nitrogens with zero attached hydrogens (tertiary/aromatic N) is 1. The van der Waals surface area contributed by atoms with Crippen molar-refractivity contribution in [2.24, 2.45) is 13.0 Å². The monoisotopic (exact) mass is 348 g/mol. The second-order valence-electron chi connectivity index (χ2n) is 6.01. The first kappa shape index (κ1) is 17.4. The lowest BCUT2D eigenvalue weighted by Crippen LogP contribution is -2.29.